The molecule has 0 fully saturated rings. The zero-order chi connectivity index (χ0) is 15.3. The summed E-state index contributed by atoms with van der Waals surface area (Å²) in [5.74, 6) is -1.47. The van der Waals surface area contributed by atoms with E-state index in [1.165, 1.54) is 31.0 Å². The fourth-order valence-corrected chi connectivity index (χ4v) is 1.61. The molecule has 1 unspecified atom stereocenters. The molecule has 2 N–H and O–H groups in total. The van der Waals surface area contributed by atoms with Crippen LogP contribution in [0.1, 0.15) is 25.8 Å². The van der Waals surface area contributed by atoms with Crippen LogP contribution in [0.3, 0.4) is 0 Å². The van der Waals surface area contributed by atoms with Crippen LogP contribution in [0.25, 0.3) is 0 Å². The lowest BCUT2D eigenvalue weighted by atomic mass is 10.00. The predicted octanol–water partition coefficient (Wildman–Crippen LogP) is 2.22. The van der Waals surface area contributed by atoms with E-state index >= 15 is 0 Å². The van der Waals surface area contributed by atoms with E-state index in [0.29, 0.717) is 5.56 Å². The number of carbonyl (C=O) groups is 2. The van der Waals surface area contributed by atoms with Gasteiger partial charge < -0.3 is 15.3 Å². The molecule has 1 rings (SSSR count). The van der Waals surface area contributed by atoms with E-state index in [1.807, 2.05) is 0 Å². The third-order valence-electron chi connectivity index (χ3n) is 3.22. The first-order valence-corrected chi connectivity index (χ1v) is 6.29. The quantitative estimate of drug-likeness (QED) is 0.870. The van der Waals surface area contributed by atoms with Crippen molar-refractivity contribution in [1.29, 1.82) is 0 Å². The van der Waals surface area contributed by atoms with Gasteiger partial charge in [-0.3, -0.25) is 0 Å². The lowest BCUT2D eigenvalue weighted by Gasteiger charge is -2.28. The number of carboxylic acid groups (broad SMARTS) is 1. The molecule has 0 aliphatic rings. The van der Waals surface area contributed by atoms with Crippen molar-refractivity contribution in [3.8, 4) is 0 Å². The molecule has 0 aliphatic heterocycles. The van der Waals surface area contributed by atoms with E-state index < -0.39 is 17.5 Å². The van der Waals surface area contributed by atoms with E-state index in [1.54, 1.807) is 19.1 Å². The number of aliphatic carboxylic acids is 1. The van der Waals surface area contributed by atoms with Crippen LogP contribution < -0.4 is 5.32 Å². The molecule has 0 spiro atoms. The highest BCUT2D eigenvalue weighted by atomic mass is 19.1. The Bertz CT molecular complexity index is 507. The highest BCUT2D eigenvalue weighted by molar-refractivity contribution is 5.85. The normalized spacial score (nSPS) is 13.4. The minimum atomic E-state index is -1.31. The molecule has 0 bridgehead atoms. The van der Waals surface area contributed by atoms with Crippen LogP contribution in [0.4, 0.5) is 9.18 Å². The van der Waals surface area contributed by atoms with Crippen LogP contribution in [-0.2, 0) is 11.3 Å². The van der Waals surface area contributed by atoms with Gasteiger partial charge in [-0.05, 0) is 31.0 Å². The zero-order valence-electron chi connectivity index (χ0n) is 11.8. The number of hydrogen-bond acceptors (Lipinski definition) is 2. The van der Waals surface area contributed by atoms with Crippen LogP contribution in [0.15, 0.2) is 24.3 Å². The fraction of sp³-hybridized carbons (Fsp3) is 0.429. The Balaban J connectivity index is 2.70. The van der Waals surface area contributed by atoms with Gasteiger partial charge in [0.2, 0.25) is 0 Å². The van der Waals surface area contributed by atoms with Gasteiger partial charge in [0.25, 0.3) is 0 Å². The van der Waals surface area contributed by atoms with Crippen molar-refractivity contribution in [3.05, 3.63) is 35.6 Å². The van der Waals surface area contributed by atoms with Gasteiger partial charge in [0.15, 0.2) is 0 Å². The molecule has 5 nitrogen and oxygen atoms in total. The molecule has 0 aromatic heterocycles. The number of rotatable bonds is 5. The first kappa shape index (κ1) is 15.9. The van der Waals surface area contributed by atoms with Crippen molar-refractivity contribution in [3.63, 3.8) is 0 Å². The Kier molecular flexibility index (Phi) is 5.07. The molecule has 0 radical (unpaired) electrons. The predicted molar refractivity (Wildman–Crippen MR) is 72.7 cm³/mol. The average molecular weight is 282 g/mol. The maximum absolute atomic E-state index is 13.1. The second-order valence-corrected chi connectivity index (χ2v) is 4.91. The van der Waals surface area contributed by atoms with Gasteiger partial charge in [-0.15, -0.1) is 0 Å². The van der Waals surface area contributed by atoms with E-state index in [0.717, 1.165) is 0 Å². The van der Waals surface area contributed by atoms with Crippen molar-refractivity contribution >= 4 is 12.0 Å². The molecule has 0 aliphatic carbocycles. The first-order valence-electron chi connectivity index (χ1n) is 6.29. The smallest absolute Gasteiger partial charge is 0.329 e. The number of urea groups is 1. The maximum Gasteiger partial charge on any atom is 0.329 e. The van der Waals surface area contributed by atoms with Gasteiger partial charge in [0, 0.05) is 13.6 Å². The van der Waals surface area contributed by atoms with Crippen molar-refractivity contribution in [1.82, 2.24) is 10.2 Å². The van der Waals surface area contributed by atoms with Crippen molar-refractivity contribution in [2.24, 2.45) is 0 Å². The first-order chi connectivity index (χ1) is 9.28. The number of amides is 2. The Morgan fingerprint density at radius 2 is 2.10 bits per heavy atom. The molecule has 0 saturated carbocycles. The average Bonchev–Trinajstić information content (AvgIpc) is 2.38. The van der Waals surface area contributed by atoms with Crippen molar-refractivity contribution in [2.75, 3.05) is 7.05 Å². The number of nitrogens with zero attached hydrogens (tertiary/aromatic N) is 1. The Labute approximate surface area is 117 Å². The summed E-state index contributed by atoms with van der Waals surface area (Å²) in [6, 6.07) is 5.40. The molecular weight excluding hydrogens is 263 g/mol. The maximum atomic E-state index is 13.1. The van der Waals surface area contributed by atoms with Gasteiger partial charge in [-0.2, -0.15) is 0 Å². The molecule has 1 aromatic carbocycles. The summed E-state index contributed by atoms with van der Waals surface area (Å²) in [6.07, 6.45) is 0.266. The molecular formula is C14H19FN2O3. The summed E-state index contributed by atoms with van der Waals surface area (Å²) >= 11 is 0. The minimum Gasteiger partial charge on any atom is -0.480 e. The van der Waals surface area contributed by atoms with E-state index in [4.69, 9.17) is 5.11 Å². The zero-order valence-corrected chi connectivity index (χ0v) is 11.8. The number of carbonyl (C=O) groups excluding carboxylic acids is 1. The standard InChI is InChI=1S/C14H19FN2O3/c1-4-14(2,12(18)19)16-13(20)17(3)9-10-6-5-7-11(15)8-10/h5-8H,4,9H2,1-3H3,(H,16,20)(H,18,19). The fourth-order valence-electron chi connectivity index (χ4n) is 1.61. The summed E-state index contributed by atoms with van der Waals surface area (Å²) in [5.41, 5.74) is -0.677. The number of halogens is 1. The number of hydrogen-bond donors (Lipinski definition) is 2. The number of carboxylic acids is 1. The molecule has 110 valence electrons. The SMILES string of the molecule is CCC(C)(NC(=O)N(C)Cc1cccc(F)c1)C(=O)O. The summed E-state index contributed by atoms with van der Waals surface area (Å²) in [6.45, 7) is 3.33. The van der Waals surface area contributed by atoms with Gasteiger partial charge in [0.1, 0.15) is 11.4 Å². The second-order valence-electron chi connectivity index (χ2n) is 4.91. The van der Waals surface area contributed by atoms with Gasteiger partial charge in [-0.1, -0.05) is 19.1 Å². The van der Waals surface area contributed by atoms with Crippen LogP contribution in [0, 0.1) is 5.82 Å². The molecule has 0 heterocycles. The molecule has 6 heteroatoms. The van der Waals surface area contributed by atoms with Crippen LogP contribution >= 0.6 is 0 Å². The van der Waals surface area contributed by atoms with Crippen LogP contribution in [-0.4, -0.2) is 34.6 Å². The van der Waals surface area contributed by atoms with E-state index in [2.05, 4.69) is 5.32 Å². The van der Waals surface area contributed by atoms with Crippen LogP contribution in [0.2, 0.25) is 0 Å². The van der Waals surface area contributed by atoms with Crippen molar-refractivity contribution < 1.29 is 19.1 Å². The molecule has 2 amide bonds. The van der Waals surface area contributed by atoms with Crippen molar-refractivity contribution in [2.45, 2.75) is 32.4 Å². The highest BCUT2D eigenvalue weighted by Gasteiger charge is 2.33. The highest BCUT2D eigenvalue weighted by Crippen LogP contribution is 2.11. The molecule has 1 atom stereocenters. The number of nitrogens with one attached hydrogen (secondary N) is 1. The summed E-state index contributed by atoms with van der Waals surface area (Å²) in [7, 11) is 1.53. The Morgan fingerprint density at radius 3 is 2.60 bits per heavy atom. The third-order valence-corrected chi connectivity index (χ3v) is 3.22. The van der Waals surface area contributed by atoms with E-state index in [9.17, 15) is 14.0 Å². The molecule has 0 saturated heterocycles. The Hall–Kier alpha value is -2.11. The number of benzene rings is 1. The van der Waals surface area contributed by atoms with Gasteiger partial charge in [0.05, 0.1) is 0 Å². The Morgan fingerprint density at radius 1 is 1.45 bits per heavy atom. The molecule has 1 aromatic rings. The second kappa shape index (κ2) is 6.36. The largest absolute Gasteiger partial charge is 0.480 e. The topological polar surface area (TPSA) is 69.6 Å². The lowest BCUT2D eigenvalue weighted by Crippen LogP contribution is -2.54. The summed E-state index contributed by atoms with van der Waals surface area (Å²) in [4.78, 5) is 24.4. The minimum absolute atomic E-state index is 0.197. The third kappa shape index (κ3) is 3.94. The lowest BCUT2D eigenvalue weighted by molar-refractivity contribution is -0.143. The molecule has 20 heavy (non-hydrogen) atoms. The summed E-state index contributed by atoms with van der Waals surface area (Å²) < 4.78 is 13.1. The van der Waals surface area contributed by atoms with Gasteiger partial charge in [-0.25, -0.2) is 14.0 Å². The van der Waals surface area contributed by atoms with E-state index in [-0.39, 0.29) is 18.8 Å². The summed E-state index contributed by atoms with van der Waals surface area (Å²) in [5, 5.41) is 11.6. The van der Waals surface area contributed by atoms with Crippen LogP contribution in [0.5, 0.6) is 0 Å². The monoisotopic (exact) mass is 282 g/mol. The van der Waals surface area contributed by atoms with Gasteiger partial charge >= 0.3 is 12.0 Å².